The minimum absolute atomic E-state index is 0.151. The van der Waals surface area contributed by atoms with Crippen LogP contribution in [0.4, 0.5) is 0 Å². The molecule has 0 aromatic carbocycles. The maximum atomic E-state index is 10.9. The third-order valence-electron chi connectivity index (χ3n) is 2.84. The standard InChI is InChI=1S/C10H21N3O2/c1-3-13(7-10(11)14)8(2)9-6-12-4-5-15-9/h8-9,12H,3-7H2,1-2H3,(H2,11,14). The number of primary amides is 1. The number of likely N-dealkylation sites (N-methyl/N-ethyl adjacent to an activating group) is 1. The van der Waals surface area contributed by atoms with E-state index in [1.807, 2.05) is 11.8 Å². The van der Waals surface area contributed by atoms with Crippen molar-refractivity contribution in [2.45, 2.75) is 26.0 Å². The Labute approximate surface area is 90.9 Å². The van der Waals surface area contributed by atoms with Gasteiger partial charge in [0.05, 0.1) is 19.3 Å². The Bertz CT molecular complexity index is 205. The van der Waals surface area contributed by atoms with Gasteiger partial charge in [-0.3, -0.25) is 9.69 Å². The number of hydrogen-bond donors (Lipinski definition) is 2. The normalized spacial score (nSPS) is 24.1. The van der Waals surface area contributed by atoms with E-state index in [0.29, 0.717) is 6.54 Å². The Hall–Kier alpha value is -0.650. The van der Waals surface area contributed by atoms with Crippen LogP contribution in [0.25, 0.3) is 0 Å². The fourth-order valence-corrected chi connectivity index (χ4v) is 1.87. The molecule has 1 aliphatic rings. The molecule has 2 unspecified atom stereocenters. The summed E-state index contributed by atoms with van der Waals surface area (Å²) in [5, 5.41) is 3.28. The molecule has 0 aromatic heterocycles. The Balaban J connectivity index is 2.46. The number of ether oxygens (including phenoxy) is 1. The van der Waals surface area contributed by atoms with Crippen LogP contribution in [0.5, 0.6) is 0 Å². The lowest BCUT2D eigenvalue weighted by atomic mass is 10.1. The van der Waals surface area contributed by atoms with E-state index in [9.17, 15) is 4.79 Å². The van der Waals surface area contributed by atoms with Crippen LogP contribution < -0.4 is 11.1 Å². The second-order valence-electron chi connectivity index (χ2n) is 3.88. The van der Waals surface area contributed by atoms with Gasteiger partial charge in [-0.05, 0) is 13.5 Å². The van der Waals surface area contributed by atoms with Gasteiger partial charge < -0.3 is 15.8 Å². The van der Waals surface area contributed by atoms with Crippen molar-refractivity contribution in [3.63, 3.8) is 0 Å². The summed E-state index contributed by atoms with van der Waals surface area (Å²) < 4.78 is 5.65. The molecule has 0 bridgehead atoms. The zero-order valence-corrected chi connectivity index (χ0v) is 9.53. The minimum Gasteiger partial charge on any atom is -0.374 e. The zero-order valence-electron chi connectivity index (χ0n) is 9.53. The Morgan fingerprint density at radius 2 is 2.47 bits per heavy atom. The largest absolute Gasteiger partial charge is 0.374 e. The lowest BCUT2D eigenvalue weighted by Crippen LogP contribution is -2.52. The molecule has 1 fully saturated rings. The minimum atomic E-state index is -0.285. The number of nitrogens with zero attached hydrogens (tertiary/aromatic N) is 1. The van der Waals surface area contributed by atoms with Gasteiger partial charge in [0, 0.05) is 19.1 Å². The van der Waals surface area contributed by atoms with Crippen LogP contribution >= 0.6 is 0 Å². The highest BCUT2D eigenvalue weighted by atomic mass is 16.5. The van der Waals surface area contributed by atoms with Gasteiger partial charge in [0.1, 0.15) is 0 Å². The zero-order chi connectivity index (χ0) is 11.3. The lowest BCUT2D eigenvalue weighted by molar-refractivity contribution is -0.120. The average Bonchev–Trinajstić information content (AvgIpc) is 2.26. The molecule has 88 valence electrons. The predicted octanol–water partition coefficient (Wildman–Crippen LogP) is -0.829. The van der Waals surface area contributed by atoms with Crippen molar-refractivity contribution in [1.29, 1.82) is 0 Å². The summed E-state index contributed by atoms with van der Waals surface area (Å²) in [5.41, 5.74) is 5.20. The number of morpholine rings is 1. The Morgan fingerprint density at radius 3 is 2.93 bits per heavy atom. The number of carbonyl (C=O) groups excluding carboxylic acids is 1. The first-order valence-electron chi connectivity index (χ1n) is 5.49. The van der Waals surface area contributed by atoms with E-state index in [4.69, 9.17) is 10.5 Å². The smallest absolute Gasteiger partial charge is 0.231 e. The molecule has 1 rings (SSSR count). The number of nitrogens with one attached hydrogen (secondary N) is 1. The SMILES string of the molecule is CCN(CC(N)=O)C(C)C1CNCCO1. The molecule has 1 amide bonds. The summed E-state index contributed by atoms with van der Waals surface area (Å²) in [6.45, 7) is 7.70. The summed E-state index contributed by atoms with van der Waals surface area (Å²) in [6, 6.07) is 0.218. The molecule has 3 N–H and O–H groups in total. The van der Waals surface area contributed by atoms with Crippen molar-refractivity contribution in [3.8, 4) is 0 Å². The van der Waals surface area contributed by atoms with E-state index < -0.39 is 0 Å². The molecule has 0 aromatic rings. The van der Waals surface area contributed by atoms with Gasteiger partial charge in [-0.1, -0.05) is 6.92 Å². The van der Waals surface area contributed by atoms with Crippen molar-refractivity contribution in [3.05, 3.63) is 0 Å². The first kappa shape index (κ1) is 12.4. The van der Waals surface area contributed by atoms with Gasteiger partial charge in [0.15, 0.2) is 0 Å². The third kappa shape index (κ3) is 3.77. The van der Waals surface area contributed by atoms with E-state index in [1.165, 1.54) is 0 Å². The molecule has 5 heteroatoms. The van der Waals surface area contributed by atoms with Crippen LogP contribution in [0.1, 0.15) is 13.8 Å². The second kappa shape index (κ2) is 6.05. The summed E-state index contributed by atoms with van der Waals surface area (Å²) in [6.07, 6.45) is 0.151. The maximum Gasteiger partial charge on any atom is 0.231 e. The molecule has 2 atom stereocenters. The number of carbonyl (C=O) groups is 1. The summed E-state index contributed by atoms with van der Waals surface area (Å²) in [7, 11) is 0. The highest BCUT2D eigenvalue weighted by molar-refractivity contribution is 5.75. The van der Waals surface area contributed by atoms with Crippen LogP contribution in [0.15, 0.2) is 0 Å². The Morgan fingerprint density at radius 1 is 1.73 bits per heavy atom. The van der Waals surface area contributed by atoms with Gasteiger partial charge >= 0.3 is 0 Å². The second-order valence-corrected chi connectivity index (χ2v) is 3.88. The highest BCUT2D eigenvalue weighted by Crippen LogP contribution is 2.09. The number of hydrogen-bond acceptors (Lipinski definition) is 4. The predicted molar refractivity (Wildman–Crippen MR) is 58.5 cm³/mol. The molecule has 15 heavy (non-hydrogen) atoms. The van der Waals surface area contributed by atoms with Crippen molar-refractivity contribution >= 4 is 5.91 Å². The van der Waals surface area contributed by atoms with E-state index in [2.05, 4.69) is 12.2 Å². The van der Waals surface area contributed by atoms with Gasteiger partial charge in [0.25, 0.3) is 0 Å². The first-order chi connectivity index (χ1) is 7.15. The Kier molecular flexibility index (Phi) is 5.01. The van der Waals surface area contributed by atoms with Crippen LogP contribution in [-0.2, 0) is 9.53 Å². The van der Waals surface area contributed by atoms with E-state index in [0.717, 1.165) is 26.2 Å². The van der Waals surface area contributed by atoms with Crippen molar-refractivity contribution in [2.75, 3.05) is 32.8 Å². The molecule has 1 aliphatic heterocycles. The highest BCUT2D eigenvalue weighted by Gasteiger charge is 2.25. The lowest BCUT2D eigenvalue weighted by Gasteiger charge is -2.35. The van der Waals surface area contributed by atoms with Crippen molar-refractivity contribution in [2.24, 2.45) is 5.73 Å². The summed E-state index contributed by atoms with van der Waals surface area (Å²) in [4.78, 5) is 12.9. The first-order valence-corrected chi connectivity index (χ1v) is 5.49. The van der Waals surface area contributed by atoms with Crippen LogP contribution in [0, 0.1) is 0 Å². The summed E-state index contributed by atoms with van der Waals surface area (Å²) >= 11 is 0. The van der Waals surface area contributed by atoms with Crippen LogP contribution in [0.3, 0.4) is 0 Å². The monoisotopic (exact) mass is 215 g/mol. The fraction of sp³-hybridized carbons (Fsp3) is 0.900. The molecular weight excluding hydrogens is 194 g/mol. The van der Waals surface area contributed by atoms with Gasteiger partial charge in [0.2, 0.25) is 5.91 Å². The molecule has 0 saturated carbocycles. The fourth-order valence-electron chi connectivity index (χ4n) is 1.87. The van der Waals surface area contributed by atoms with Crippen molar-refractivity contribution in [1.82, 2.24) is 10.2 Å². The third-order valence-corrected chi connectivity index (χ3v) is 2.84. The van der Waals surface area contributed by atoms with Crippen LogP contribution in [0.2, 0.25) is 0 Å². The summed E-state index contributed by atoms with van der Waals surface area (Å²) in [5.74, 6) is -0.285. The van der Waals surface area contributed by atoms with E-state index in [-0.39, 0.29) is 18.1 Å². The van der Waals surface area contributed by atoms with Gasteiger partial charge in [-0.25, -0.2) is 0 Å². The molecule has 1 heterocycles. The number of nitrogens with two attached hydrogens (primary N) is 1. The molecule has 0 radical (unpaired) electrons. The molecule has 0 aliphatic carbocycles. The van der Waals surface area contributed by atoms with E-state index >= 15 is 0 Å². The van der Waals surface area contributed by atoms with Crippen molar-refractivity contribution < 1.29 is 9.53 Å². The number of amides is 1. The molecular formula is C10H21N3O2. The topological polar surface area (TPSA) is 67.6 Å². The molecule has 0 spiro atoms. The quantitative estimate of drug-likeness (QED) is 0.628. The average molecular weight is 215 g/mol. The van der Waals surface area contributed by atoms with Gasteiger partial charge in [-0.15, -0.1) is 0 Å². The van der Waals surface area contributed by atoms with E-state index in [1.54, 1.807) is 0 Å². The van der Waals surface area contributed by atoms with Gasteiger partial charge in [-0.2, -0.15) is 0 Å². The molecule has 5 nitrogen and oxygen atoms in total. The number of rotatable bonds is 5. The molecule has 1 saturated heterocycles. The van der Waals surface area contributed by atoms with Crippen LogP contribution in [-0.4, -0.2) is 55.7 Å². The maximum absolute atomic E-state index is 10.9.